The first-order chi connectivity index (χ1) is 11.4. The molecule has 2 amide bonds. The molecule has 1 aromatic carbocycles. The first-order valence-electron chi connectivity index (χ1n) is 7.41. The van der Waals surface area contributed by atoms with Crippen LogP contribution in [0.2, 0.25) is 0 Å². The van der Waals surface area contributed by atoms with Gasteiger partial charge in [-0.2, -0.15) is 0 Å². The molecule has 0 aliphatic heterocycles. The number of benzene rings is 1. The SMILES string of the molecule is NC(=O)CCC(NC(=O)CCCOc1ccc(C=O)cc1)C(=O)O. The van der Waals surface area contributed by atoms with Crippen molar-refractivity contribution in [1.82, 2.24) is 5.32 Å². The van der Waals surface area contributed by atoms with Crippen molar-refractivity contribution >= 4 is 24.1 Å². The number of hydrogen-bond acceptors (Lipinski definition) is 5. The van der Waals surface area contributed by atoms with E-state index in [1.807, 2.05) is 0 Å². The van der Waals surface area contributed by atoms with Crippen LogP contribution >= 0.6 is 0 Å². The summed E-state index contributed by atoms with van der Waals surface area (Å²) >= 11 is 0. The predicted molar refractivity (Wildman–Crippen MR) is 84.6 cm³/mol. The summed E-state index contributed by atoms with van der Waals surface area (Å²) in [7, 11) is 0. The zero-order valence-corrected chi connectivity index (χ0v) is 13.1. The fourth-order valence-electron chi connectivity index (χ4n) is 1.88. The van der Waals surface area contributed by atoms with Crippen LogP contribution in [-0.4, -0.2) is 41.8 Å². The first kappa shape index (κ1) is 19.1. The average Bonchev–Trinajstić information content (AvgIpc) is 2.55. The third-order valence-electron chi connectivity index (χ3n) is 3.15. The van der Waals surface area contributed by atoms with E-state index in [1.165, 1.54) is 0 Å². The van der Waals surface area contributed by atoms with Gasteiger partial charge in [-0.15, -0.1) is 0 Å². The highest BCUT2D eigenvalue weighted by Gasteiger charge is 2.20. The third-order valence-corrected chi connectivity index (χ3v) is 3.15. The highest BCUT2D eigenvalue weighted by Crippen LogP contribution is 2.11. The lowest BCUT2D eigenvalue weighted by atomic mass is 10.1. The number of aldehydes is 1. The number of aliphatic carboxylic acids is 1. The second-order valence-electron chi connectivity index (χ2n) is 5.10. The monoisotopic (exact) mass is 336 g/mol. The van der Waals surface area contributed by atoms with Crippen LogP contribution in [0.4, 0.5) is 0 Å². The molecule has 0 aromatic heterocycles. The minimum atomic E-state index is -1.21. The maximum absolute atomic E-state index is 11.7. The summed E-state index contributed by atoms with van der Waals surface area (Å²) in [5.74, 6) is -1.70. The maximum Gasteiger partial charge on any atom is 0.326 e. The molecule has 0 bridgehead atoms. The van der Waals surface area contributed by atoms with Crippen LogP contribution in [0, 0.1) is 0 Å². The van der Waals surface area contributed by atoms with Gasteiger partial charge in [-0.25, -0.2) is 4.79 Å². The van der Waals surface area contributed by atoms with Gasteiger partial charge in [0, 0.05) is 18.4 Å². The molecular formula is C16H20N2O6. The summed E-state index contributed by atoms with van der Waals surface area (Å²) in [5.41, 5.74) is 5.50. The average molecular weight is 336 g/mol. The van der Waals surface area contributed by atoms with E-state index in [1.54, 1.807) is 24.3 Å². The van der Waals surface area contributed by atoms with Crippen LogP contribution in [-0.2, 0) is 14.4 Å². The highest BCUT2D eigenvalue weighted by atomic mass is 16.5. The molecule has 1 unspecified atom stereocenters. The van der Waals surface area contributed by atoms with Crippen molar-refractivity contribution in [1.29, 1.82) is 0 Å². The van der Waals surface area contributed by atoms with Crippen LogP contribution in [0.25, 0.3) is 0 Å². The van der Waals surface area contributed by atoms with Crippen LogP contribution < -0.4 is 15.8 Å². The lowest BCUT2D eigenvalue weighted by Gasteiger charge is -2.13. The third kappa shape index (κ3) is 7.39. The Hall–Kier alpha value is -2.90. The van der Waals surface area contributed by atoms with E-state index in [0.717, 1.165) is 6.29 Å². The molecule has 0 spiro atoms. The van der Waals surface area contributed by atoms with Crippen molar-refractivity contribution in [3.63, 3.8) is 0 Å². The summed E-state index contributed by atoms with van der Waals surface area (Å²) in [5, 5.41) is 11.3. The van der Waals surface area contributed by atoms with Gasteiger partial charge < -0.3 is 20.9 Å². The van der Waals surface area contributed by atoms with Crippen molar-refractivity contribution in [2.45, 2.75) is 31.7 Å². The molecule has 130 valence electrons. The van der Waals surface area contributed by atoms with Gasteiger partial charge in [-0.1, -0.05) is 0 Å². The van der Waals surface area contributed by atoms with Crippen molar-refractivity contribution in [3.8, 4) is 5.75 Å². The lowest BCUT2D eigenvalue weighted by molar-refractivity contribution is -0.142. The minimum Gasteiger partial charge on any atom is -0.494 e. The fourth-order valence-corrected chi connectivity index (χ4v) is 1.88. The molecule has 0 aliphatic carbocycles. The van der Waals surface area contributed by atoms with Crippen molar-refractivity contribution in [2.75, 3.05) is 6.61 Å². The first-order valence-corrected chi connectivity index (χ1v) is 7.41. The Labute approximate surface area is 139 Å². The summed E-state index contributed by atoms with van der Waals surface area (Å²) in [6.45, 7) is 0.271. The molecule has 1 atom stereocenters. The largest absolute Gasteiger partial charge is 0.494 e. The smallest absolute Gasteiger partial charge is 0.326 e. The van der Waals surface area contributed by atoms with Crippen LogP contribution in [0.5, 0.6) is 5.75 Å². The Morgan fingerprint density at radius 2 is 1.88 bits per heavy atom. The summed E-state index contributed by atoms with van der Waals surface area (Å²) in [6.07, 6.45) is 1.05. The zero-order chi connectivity index (χ0) is 17.9. The topological polar surface area (TPSA) is 136 Å². The number of carbonyl (C=O) groups excluding carboxylic acids is 3. The van der Waals surface area contributed by atoms with E-state index in [9.17, 15) is 19.2 Å². The maximum atomic E-state index is 11.7. The molecule has 0 heterocycles. The van der Waals surface area contributed by atoms with E-state index in [2.05, 4.69) is 5.32 Å². The second-order valence-corrected chi connectivity index (χ2v) is 5.10. The van der Waals surface area contributed by atoms with E-state index < -0.39 is 23.8 Å². The second kappa shape index (κ2) is 9.98. The number of amides is 2. The zero-order valence-electron chi connectivity index (χ0n) is 13.1. The molecule has 4 N–H and O–H groups in total. The molecular weight excluding hydrogens is 316 g/mol. The van der Waals surface area contributed by atoms with Crippen molar-refractivity contribution in [3.05, 3.63) is 29.8 Å². The molecule has 1 aromatic rings. The van der Waals surface area contributed by atoms with Gasteiger partial charge in [0.05, 0.1) is 6.61 Å². The van der Waals surface area contributed by atoms with Crippen LogP contribution in [0.3, 0.4) is 0 Å². The Kier molecular flexibility index (Phi) is 7.97. The number of carbonyl (C=O) groups is 4. The highest BCUT2D eigenvalue weighted by molar-refractivity contribution is 5.84. The number of nitrogens with two attached hydrogens (primary N) is 1. The van der Waals surface area contributed by atoms with Crippen molar-refractivity contribution < 1.29 is 29.0 Å². The Balaban J connectivity index is 2.29. The number of carboxylic acids is 1. The number of rotatable bonds is 11. The van der Waals surface area contributed by atoms with Gasteiger partial charge in [0.2, 0.25) is 11.8 Å². The van der Waals surface area contributed by atoms with E-state index >= 15 is 0 Å². The normalized spacial score (nSPS) is 11.3. The summed E-state index contributed by atoms with van der Waals surface area (Å²) in [4.78, 5) is 43.9. The standard InChI is InChI=1S/C16H20N2O6/c17-14(20)8-7-13(16(22)23)18-15(21)2-1-9-24-12-5-3-11(10-19)4-6-12/h3-6,10,13H,1-2,7-9H2,(H2,17,20)(H,18,21)(H,22,23). The summed E-state index contributed by atoms with van der Waals surface area (Å²) in [6, 6.07) is 5.39. The predicted octanol–water partition coefficient (Wildman–Crippen LogP) is 0.493. The molecule has 0 fully saturated rings. The van der Waals surface area contributed by atoms with Gasteiger partial charge in [-0.3, -0.25) is 14.4 Å². The quantitative estimate of drug-likeness (QED) is 0.397. The van der Waals surface area contributed by atoms with E-state index in [0.29, 0.717) is 17.7 Å². The number of primary amides is 1. The van der Waals surface area contributed by atoms with Gasteiger partial charge in [0.25, 0.3) is 0 Å². The van der Waals surface area contributed by atoms with Gasteiger partial charge in [0.15, 0.2) is 0 Å². The number of ether oxygens (including phenoxy) is 1. The molecule has 24 heavy (non-hydrogen) atoms. The summed E-state index contributed by atoms with van der Waals surface area (Å²) < 4.78 is 5.41. The molecule has 0 aliphatic rings. The molecule has 0 radical (unpaired) electrons. The molecule has 8 heteroatoms. The van der Waals surface area contributed by atoms with Gasteiger partial charge in [-0.05, 0) is 37.1 Å². The Bertz CT molecular complexity index is 585. The minimum absolute atomic E-state index is 0.0456. The van der Waals surface area contributed by atoms with Gasteiger partial charge in [0.1, 0.15) is 18.1 Å². The Morgan fingerprint density at radius 3 is 2.42 bits per heavy atom. The molecule has 0 saturated carbocycles. The van der Waals surface area contributed by atoms with Crippen molar-refractivity contribution in [2.24, 2.45) is 5.73 Å². The fraction of sp³-hybridized carbons (Fsp3) is 0.375. The van der Waals surface area contributed by atoms with Crippen LogP contribution in [0.1, 0.15) is 36.0 Å². The van der Waals surface area contributed by atoms with E-state index in [4.69, 9.17) is 15.6 Å². The molecule has 1 rings (SSSR count). The number of hydrogen-bond donors (Lipinski definition) is 3. The number of carboxylic acid groups (broad SMARTS) is 1. The van der Waals surface area contributed by atoms with E-state index in [-0.39, 0.29) is 25.9 Å². The molecule has 0 saturated heterocycles. The Morgan fingerprint density at radius 1 is 1.21 bits per heavy atom. The number of nitrogens with one attached hydrogen (secondary N) is 1. The lowest BCUT2D eigenvalue weighted by Crippen LogP contribution is -2.41. The van der Waals surface area contributed by atoms with Gasteiger partial charge >= 0.3 is 5.97 Å². The van der Waals surface area contributed by atoms with Crippen LogP contribution in [0.15, 0.2) is 24.3 Å². The molecule has 8 nitrogen and oxygen atoms in total.